The van der Waals surface area contributed by atoms with Crippen LogP contribution in [0.3, 0.4) is 0 Å². The lowest BCUT2D eigenvalue weighted by atomic mass is 9.97. The van der Waals surface area contributed by atoms with E-state index in [1.54, 1.807) is 0 Å². The molecule has 11 rings (SSSR count). The highest BCUT2D eigenvalue weighted by Gasteiger charge is 2.15. The molecule has 0 radical (unpaired) electrons. The van der Waals surface area contributed by atoms with Crippen molar-refractivity contribution in [1.82, 2.24) is 0 Å². The van der Waals surface area contributed by atoms with Crippen molar-refractivity contribution in [3.8, 4) is 22.3 Å². The van der Waals surface area contributed by atoms with E-state index in [0.29, 0.717) is 0 Å². The molecule has 7 aromatic carbocycles. The molecule has 4 heteroatoms. The van der Waals surface area contributed by atoms with Crippen molar-refractivity contribution in [1.29, 1.82) is 0 Å². The monoisotopic (exact) mass is 654 g/mol. The van der Waals surface area contributed by atoms with Gasteiger partial charge in [0.05, 0.1) is 9.40 Å². The number of fused-ring (bicyclic) bond motifs is 13. The van der Waals surface area contributed by atoms with E-state index in [-0.39, 0.29) is 0 Å². The lowest BCUT2D eigenvalue weighted by molar-refractivity contribution is 1.63. The van der Waals surface area contributed by atoms with Crippen LogP contribution in [0, 0.1) is 0 Å². The van der Waals surface area contributed by atoms with Crippen LogP contribution in [0.4, 0.5) is 0 Å². The number of thiophene rings is 4. The Balaban J connectivity index is 1.01. The van der Waals surface area contributed by atoms with Gasteiger partial charge in [0.15, 0.2) is 0 Å². The topological polar surface area (TPSA) is 0 Å². The fourth-order valence-corrected chi connectivity index (χ4v) is 12.1. The van der Waals surface area contributed by atoms with Crippen molar-refractivity contribution < 1.29 is 0 Å². The number of rotatable bonds is 2. The zero-order valence-electron chi connectivity index (χ0n) is 24.3. The van der Waals surface area contributed by atoms with Gasteiger partial charge < -0.3 is 0 Å². The van der Waals surface area contributed by atoms with Crippen LogP contribution in [0.2, 0.25) is 0 Å². The summed E-state index contributed by atoms with van der Waals surface area (Å²) in [5.41, 5.74) is 5.04. The summed E-state index contributed by atoms with van der Waals surface area (Å²) < 4.78 is 11.0. The first-order valence-electron chi connectivity index (χ1n) is 15.4. The summed E-state index contributed by atoms with van der Waals surface area (Å²) in [7, 11) is 0. The van der Waals surface area contributed by atoms with E-state index < -0.39 is 0 Å². The van der Waals surface area contributed by atoms with Crippen molar-refractivity contribution >= 4 is 126 Å². The Labute approximate surface area is 280 Å². The third-order valence-electron chi connectivity index (χ3n) is 9.48. The molecule has 0 amide bonds. The van der Waals surface area contributed by atoms with E-state index in [9.17, 15) is 0 Å². The van der Waals surface area contributed by atoms with E-state index in [1.165, 1.54) is 103 Å². The van der Waals surface area contributed by atoms with Gasteiger partial charge in [-0.3, -0.25) is 0 Å². The van der Waals surface area contributed by atoms with Gasteiger partial charge in [-0.05, 0) is 70.8 Å². The van der Waals surface area contributed by atoms with Crippen LogP contribution in [0.5, 0.6) is 0 Å². The van der Waals surface area contributed by atoms with E-state index >= 15 is 0 Å². The smallest absolute Gasteiger partial charge is 0.0534 e. The predicted molar refractivity (Wildman–Crippen MR) is 209 cm³/mol. The Morgan fingerprint density at radius 3 is 1.43 bits per heavy atom. The van der Waals surface area contributed by atoms with Crippen molar-refractivity contribution in [2.45, 2.75) is 0 Å². The molecule has 0 atom stereocenters. The Kier molecular flexibility index (Phi) is 5.27. The molecule has 0 bridgehead atoms. The fourth-order valence-electron chi connectivity index (χ4n) is 7.25. The lowest BCUT2D eigenvalue weighted by Crippen LogP contribution is -1.82. The Bertz CT molecular complexity index is 3030. The SMILES string of the molecule is c1cc(-c2ccc3c(c2)sc2cc4c(cc23)sc2ccccc24)cc(-c2ccc3sc4c(ccc5c6ccccc6sc54)c3c2)c1. The van der Waals surface area contributed by atoms with Crippen LogP contribution in [0.15, 0.2) is 133 Å². The summed E-state index contributed by atoms with van der Waals surface area (Å²) >= 11 is 7.65. The van der Waals surface area contributed by atoms with Crippen molar-refractivity contribution in [3.05, 3.63) is 133 Å². The Hall–Kier alpha value is -4.58. The van der Waals surface area contributed by atoms with Gasteiger partial charge in [-0.1, -0.05) is 84.9 Å². The average molecular weight is 655 g/mol. The molecular formula is C42H22S4. The highest BCUT2D eigenvalue weighted by Crippen LogP contribution is 2.46. The predicted octanol–water partition coefficient (Wildman–Crippen LogP) is 14.5. The first-order chi connectivity index (χ1) is 22.7. The van der Waals surface area contributed by atoms with Gasteiger partial charge in [0.25, 0.3) is 0 Å². The average Bonchev–Trinajstić information content (AvgIpc) is 3.86. The zero-order valence-corrected chi connectivity index (χ0v) is 27.6. The molecule has 0 aliphatic rings. The lowest BCUT2D eigenvalue weighted by Gasteiger charge is -2.07. The van der Waals surface area contributed by atoms with Crippen LogP contribution in [0.1, 0.15) is 0 Å². The quantitative estimate of drug-likeness (QED) is 0.174. The molecule has 214 valence electrons. The largest absolute Gasteiger partial charge is 0.135 e. The Morgan fingerprint density at radius 1 is 0.239 bits per heavy atom. The maximum Gasteiger partial charge on any atom is 0.0534 e. The summed E-state index contributed by atoms with van der Waals surface area (Å²) in [5, 5.41) is 10.9. The molecule has 4 aromatic heterocycles. The van der Waals surface area contributed by atoms with Gasteiger partial charge in [0.2, 0.25) is 0 Å². The van der Waals surface area contributed by atoms with Gasteiger partial charge in [-0.15, -0.1) is 45.3 Å². The summed E-state index contributed by atoms with van der Waals surface area (Å²) in [4.78, 5) is 0. The van der Waals surface area contributed by atoms with Crippen LogP contribution in [-0.4, -0.2) is 0 Å². The maximum atomic E-state index is 2.41. The van der Waals surface area contributed by atoms with Crippen LogP contribution in [0.25, 0.3) is 103 Å². The van der Waals surface area contributed by atoms with E-state index in [0.717, 1.165) is 0 Å². The second kappa shape index (κ2) is 9.47. The second-order valence-electron chi connectivity index (χ2n) is 12.1. The molecule has 46 heavy (non-hydrogen) atoms. The second-order valence-corrected chi connectivity index (χ2v) is 16.3. The molecule has 0 aliphatic carbocycles. The van der Waals surface area contributed by atoms with Crippen LogP contribution >= 0.6 is 45.3 Å². The van der Waals surface area contributed by atoms with Crippen LogP contribution in [-0.2, 0) is 0 Å². The maximum absolute atomic E-state index is 2.41. The third-order valence-corrected chi connectivity index (χ3v) is 14.3. The minimum atomic E-state index is 1.25. The minimum absolute atomic E-state index is 1.25. The number of benzene rings is 7. The molecule has 0 N–H and O–H groups in total. The van der Waals surface area contributed by atoms with E-state index in [2.05, 4.69) is 133 Å². The molecule has 4 heterocycles. The number of hydrogen-bond donors (Lipinski definition) is 0. The number of hydrogen-bond acceptors (Lipinski definition) is 4. The van der Waals surface area contributed by atoms with Gasteiger partial charge in [-0.25, -0.2) is 0 Å². The highest BCUT2D eigenvalue weighted by atomic mass is 32.1. The summed E-state index contributed by atoms with van der Waals surface area (Å²) in [6, 6.07) is 50.1. The van der Waals surface area contributed by atoms with Crippen LogP contribution < -0.4 is 0 Å². The molecule has 0 aliphatic heterocycles. The highest BCUT2D eigenvalue weighted by molar-refractivity contribution is 7.33. The van der Waals surface area contributed by atoms with Gasteiger partial charge in [0.1, 0.15) is 0 Å². The molecular weight excluding hydrogens is 633 g/mol. The van der Waals surface area contributed by atoms with Crippen molar-refractivity contribution in [2.24, 2.45) is 0 Å². The van der Waals surface area contributed by atoms with Gasteiger partial charge in [0, 0.05) is 71.3 Å². The summed E-state index contributed by atoms with van der Waals surface area (Å²) in [5.74, 6) is 0. The fraction of sp³-hybridized carbons (Fsp3) is 0. The molecule has 0 saturated carbocycles. The molecule has 0 nitrogen and oxygen atoms in total. The van der Waals surface area contributed by atoms with Gasteiger partial charge in [-0.2, -0.15) is 0 Å². The summed E-state index contributed by atoms with van der Waals surface area (Å²) in [6.45, 7) is 0. The Morgan fingerprint density at radius 2 is 0.696 bits per heavy atom. The standard InChI is InChI=1S/C42H22S4/c1-4-11-36-27(8-1)30-15-16-31-32-19-25(13-17-37(32)46-42(31)41(30)45-36)23-6-5-7-24(18-23)26-12-14-29-34-22-39-33(21-40(34)44-38(29)20-26)28-9-2-3-10-35(28)43-39/h1-22H. The van der Waals surface area contributed by atoms with Gasteiger partial charge >= 0.3 is 0 Å². The molecule has 0 saturated heterocycles. The first-order valence-corrected chi connectivity index (χ1v) is 18.7. The summed E-state index contributed by atoms with van der Waals surface area (Å²) in [6.07, 6.45) is 0. The zero-order chi connectivity index (χ0) is 29.9. The molecule has 0 unspecified atom stereocenters. The first kappa shape index (κ1) is 25.6. The third kappa shape index (κ3) is 3.64. The van der Waals surface area contributed by atoms with Crippen molar-refractivity contribution in [2.75, 3.05) is 0 Å². The van der Waals surface area contributed by atoms with E-state index in [4.69, 9.17) is 0 Å². The molecule has 0 spiro atoms. The molecule has 11 aromatic rings. The minimum Gasteiger partial charge on any atom is -0.135 e. The van der Waals surface area contributed by atoms with E-state index in [1.807, 2.05) is 45.3 Å². The molecule has 0 fully saturated rings. The normalized spacial score (nSPS) is 12.3. The van der Waals surface area contributed by atoms with Crippen molar-refractivity contribution in [3.63, 3.8) is 0 Å².